The molecule has 0 saturated heterocycles. The maximum Gasteiger partial charge on any atom is 0 e. The number of rotatable bonds is 0. The van der Waals surface area contributed by atoms with Gasteiger partial charge in [-0.1, -0.05) is 0 Å². The molecule has 4 heavy (non-hydrogen) atoms. The zero-order chi connectivity index (χ0) is 0. The molecule has 0 aromatic carbocycles. The molecule has 4 heteroatoms. The minimum absolute atomic E-state index is 0. The van der Waals surface area contributed by atoms with Crippen LogP contribution in [-0.4, -0.2) is 35.3 Å². The van der Waals surface area contributed by atoms with E-state index in [9.17, 15) is 0 Å². The first-order chi connectivity index (χ1) is 0. The van der Waals surface area contributed by atoms with Gasteiger partial charge in [-0.15, -0.1) is 0 Å². The standard InChI is InChI=1S/Li.3H2O/h;3*1H2. The summed E-state index contributed by atoms with van der Waals surface area (Å²) in [5.74, 6) is 0. The molecular weight excluding hydrogens is 54.9 g/mol. The molecule has 0 aromatic rings. The monoisotopic (exact) mass is 61.0 g/mol. The van der Waals surface area contributed by atoms with Gasteiger partial charge in [0.05, 0.1) is 0 Å². The number of hydrogen-bond donors (Lipinski definition) is 0. The van der Waals surface area contributed by atoms with Gasteiger partial charge in [-0.25, -0.2) is 0 Å². The molecule has 0 heterocycles. The van der Waals surface area contributed by atoms with Gasteiger partial charge in [0, 0.05) is 18.9 Å². The fourth-order valence-corrected chi connectivity index (χ4v) is 0. The van der Waals surface area contributed by atoms with Gasteiger partial charge in [0.2, 0.25) is 0 Å². The summed E-state index contributed by atoms with van der Waals surface area (Å²) in [6.07, 6.45) is 0. The Morgan fingerprint density at radius 2 is 0.500 bits per heavy atom. The maximum absolute atomic E-state index is 0. The molecular formula is H6LiO3. The molecule has 0 aliphatic rings. The normalized spacial score (nSPS) is 0. The van der Waals surface area contributed by atoms with Crippen molar-refractivity contribution in [1.82, 2.24) is 0 Å². The third-order valence-corrected chi connectivity index (χ3v) is 0. The van der Waals surface area contributed by atoms with Crippen molar-refractivity contribution in [3.05, 3.63) is 0 Å². The zero-order valence-corrected chi connectivity index (χ0v) is 2.50. The maximum atomic E-state index is 0. The van der Waals surface area contributed by atoms with Crippen molar-refractivity contribution in [3.8, 4) is 0 Å². The van der Waals surface area contributed by atoms with Crippen LogP contribution in [0, 0.1) is 0 Å². The van der Waals surface area contributed by atoms with Gasteiger partial charge in [-0.05, 0) is 0 Å². The quantitative estimate of drug-likeness (QED) is 0.269. The first-order valence-electron chi connectivity index (χ1n) is 0. The summed E-state index contributed by atoms with van der Waals surface area (Å²) in [6, 6.07) is 0. The van der Waals surface area contributed by atoms with Crippen LogP contribution in [0.5, 0.6) is 0 Å². The summed E-state index contributed by atoms with van der Waals surface area (Å²) in [4.78, 5) is 0. The van der Waals surface area contributed by atoms with Crippen LogP contribution in [0.2, 0.25) is 0 Å². The van der Waals surface area contributed by atoms with Crippen LogP contribution in [0.3, 0.4) is 0 Å². The predicted octanol–water partition coefficient (Wildman–Crippen LogP) is -2.85. The smallest absolute Gasteiger partial charge is 0 e. The number of hydrogen-bond acceptors (Lipinski definition) is 0. The van der Waals surface area contributed by atoms with Gasteiger partial charge in [0.15, 0.2) is 0 Å². The van der Waals surface area contributed by atoms with Gasteiger partial charge in [0.1, 0.15) is 0 Å². The van der Waals surface area contributed by atoms with Crippen LogP contribution in [0.4, 0.5) is 0 Å². The van der Waals surface area contributed by atoms with Crippen molar-refractivity contribution >= 4 is 18.9 Å². The molecule has 0 aliphatic heterocycles. The van der Waals surface area contributed by atoms with Gasteiger partial charge < -0.3 is 16.4 Å². The van der Waals surface area contributed by atoms with Crippen molar-refractivity contribution < 1.29 is 16.4 Å². The van der Waals surface area contributed by atoms with Crippen LogP contribution >= 0.6 is 0 Å². The Balaban J connectivity index is 0. The van der Waals surface area contributed by atoms with Crippen LogP contribution in [0.15, 0.2) is 0 Å². The van der Waals surface area contributed by atoms with Crippen molar-refractivity contribution in [2.75, 3.05) is 0 Å². The minimum atomic E-state index is 0. The molecule has 3 nitrogen and oxygen atoms in total. The average molecular weight is 61.0 g/mol. The Bertz CT molecular complexity index is 3.25. The van der Waals surface area contributed by atoms with Gasteiger partial charge in [0.25, 0.3) is 0 Å². The van der Waals surface area contributed by atoms with Crippen LogP contribution in [0.25, 0.3) is 0 Å². The zero-order valence-electron chi connectivity index (χ0n) is 2.50. The fraction of sp³-hybridized carbons (Fsp3) is 0. The van der Waals surface area contributed by atoms with E-state index in [4.69, 9.17) is 0 Å². The van der Waals surface area contributed by atoms with Crippen molar-refractivity contribution in [2.45, 2.75) is 0 Å². The van der Waals surface area contributed by atoms with Crippen LogP contribution in [0.1, 0.15) is 0 Å². The summed E-state index contributed by atoms with van der Waals surface area (Å²) in [7, 11) is 0. The second kappa shape index (κ2) is 93.6. The molecule has 0 bridgehead atoms. The molecule has 0 aromatic heterocycles. The molecule has 25 valence electrons. The molecule has 0 atom stereocenters. The van der Waals surface area contributed by atoms with Crippen LogP contribution in [-0.2, 0) is 0 Å². The van der Waals surface area contributed by atoms with E-state index in [0.29, 0.717) is 0 Å². The van der Waals surface area contributed by atoms with E-state index < -0.39 is 0 Å². The molecule has 0 saturated carbocycles. The summed E-state index contributed by atoms with van der Waals surface area (Å²) in [5.41, 5.74) is 0. The average Bonchev–Trinajstić information content (AvgIpc) is 0. The minimum Gasteiger partial charge on any atom is -0.412 e. The summed E-state index contributed by atoms with van der Waals surface area (Å²) >= 11 is 0. The summed E-state index contributed by atoms with van der Waals surface area (Å²) in [5, 5.41) is 0. The van der Waals surface area contributed by atoms with Crippen molar-refractivity contribution in [3.63, 3.8) is 0 Å². The predicted molar refractivity (Wildman–Crippen MR) is 16.6 cm³/mol. The van der Waals surface area contributed by atoms with E-state index in [1.54, 1.807) is 0 Å². The Morgan fingerprint density at radius 3 is 0.500 bits per heavy atom. The molecule has 0 fully saturated rings. The largest absolute Gasteiger partial charge is 0.412 e. The molecule has 0 spiro atoms. The molecule has 6 N–H and O–H groups in total. The van der Waals surface area contributed by atoms with E-state index in [2.05, 4.69) is 0 Å². The van der Waals surface area contributed by atoms with E-state index in [1.807, 2.05) is 0 Å². The second-order valence-corrected chi connectivity index (χ2v) is 0. The summed E-state index contributed by atoms with van der Waals surface area (Å²) in [6.45, 7) is 0. The van der Waals surface area contributed by atoms with Gasteiger partial charge in [-0.2, -0.15) is 0 Å². The molecule has 1 radical (unpaired) electrons. The Labute approximate surface area is 36.1 Å². The Hall–Kier alpha value is 0.477. The van der Waals surface area contributed by atoms with E-state index >= 15 is 0 Å². The molecule has 0 rings (SSSR count). The van der Waals surface area contributed by atoms with Gasteiger partial charge >= 0.3 is 0 Å². The van der Waals surface area contributed by atoms with E-state index in [-0.39, 0.29) is 35.3 Å². The second-order valence-electron chi connectivity index (χ2n) is 0. The summed E-state index contributed by atoms with van der Waals surface area (Å²) < 4.78 is 0. The first kappa shape index (κ1) is 238. The SMILES string of the molecule is O.O.O.[Li]. The molecule has 0 amide bonds. The third-order valence-electron chi connectivity index (χ3n) is 0. The molecule has 0 unspecified atom stereocenters. The van der Waals surface area contributed by atoms with Gasteiger partial charge in [-0.3, -0.25) is 0 Å². The van der Waals surface area contributed by atoms with E-state index in [1.165, 1.54) is 0 Å². The van der Waals surface area contributed by atoms with Crippen LogP contribution < -0.4 is 0 Å². The van der Waals surface area contributed by atoms with Crippen molar-refractivity contribution in [2.24, 2.45) is 0 Å². The van der Waals surface area contributed by atoms with E-state index in [0.717, 1.165) is 0 Å². The molecule has 0 aliphatic carbocycles. The Kier molecular flexibility index (Phi) is 5560. The third kappa shape index (κ3) is 23.7. The first-order valence-corrected chi connectivity index (χ1v) is 0. The topological polar surface area (TPSA) is 94.5 Å². The van der Waals surface area contributed by atoms with Crippen molar-refractivity contribution in [1.29, 1.82) is 0 Å². The fourth-order valence-electron chi connectivity index (χ4n) is 0. The Morgan fingerprint density at radius 1 is 0.500 bits per heavy atom.